The van der Waals surface area contributed by atoms with Crippen LogP contribution in [0, 0.1) is 11.8 Å². The Morgan fingerprint density at radius 2 is 1.86 bits per heavy atom. The second-order valence-corrected chi connectivity index (χ2v) is 3.96. The third-order valence-electron chi connectivity index (χ3n) is 1.93. The van der Waals surface area contributed by atoms with Gasteiger partial charge >= 0.3 is 0 Å². The van der Waals surface area contributed by atoms with Gasteiger partial charge in [0.2, 0.25) is 0 Å². The van der Waals surface area contributed by atoms with Crippen LogP contribution in [-0.2, 0) is 4.79 Å². The second kappa shape index (κ2) is 6.60. The van der Waals surface area contributed by atoms with Crippen molar-refractivity contribution in [1.82, 2.24) is 5.32 Å². The zero-order valence-electron chi connectivity index (χ0n) is 9.50. The van der Waals surface area contributed by atoms with E-state index in [0.717, 1.165) is 5.70 Å². The molecule has 0 aliphatic rings. The number of carbonyl (C=O) groups excluding carboxylic acids is 1. The molecule has 0 aromatic heterocycles. The van der Waals surface area contributed by atoms with Crippen LogP contribution in [0.5, 0.6) is 0 Å². The smallest absolute Gasteiger partial charge is 0.159 e. The molecule has 0 rings (SSSR count). The highest BCUT2D eigenvalue weighted by Gasteiger charge is 2.08. The van der Waals surface area contributed by atoms with Crippen molar-refractivity contribution < 1.29 is 9.90 Å². The van der Waals surface area contributed by atoms with Crippen molar-refractivity contribution in [2.24, 2.45) is 11.8 Å². The van der Waals surface area contributed by atoms with E-state index in [1.165, 1.54) is 0 Å². The van der Waals surface area contributed by atoms with Gasteiger partial charge in [-0.05, 0) is 5.92 Å². The lowest BCUT2D eigenvalue weighted by Gasteiger charge is -2.13. The highest BCUT2D eigenvalue weighted by molar-refractivity contribution is 5.91. The van der Waals surface area contributed by atoms with E-state index < -0.39 is 0 Å². The van der Waals surface area contributed by atoms with E-state index >= 15 is 0 Å². The summed E-state index contributed by atoms with van der Waals surface area (Å²) >= 11 is 0. The van der Waals surface area contributed by atoms with Crippen molar-refractivity contribution >= 4 is 5.78 Å². The topological polar surface area (TPSA) is 49.3 Å². The predicted octanol–water partition coefficient (Wildman–Crippen LogP) is 1.33. The van der Waals surface area contributed by atoms with Gasteiger partial charge in [0, 0.05) is 24.2 Å². The monoisotopic (exact) mass is 199 g/mol. The molecule has 0 amide bonds. The van der Waals surface area contributed by atoms with Crippen LogP contribution in [0.25, 0.3) is 0 Å². The van der Waals surface area contributed by atoms with Crippen LogP contribution < -0.4 is 5.32 Å². The van der Waals surface area contributed by atoms with Crippen LogP contribution in [-0.4, -0.2) is 24.0 Å². The Morgan fingerprint density at radius 3 is 2.21 bits per heavy atom. The number of nitrogens with one attached hydrogen (secondary N) is 1. The molecular formula is C11H21NO2. The fourth-order valence-corrected chi connectivity index (χ4v) is 0.942. The molecule has 0 saturated carbocycles. The van der Waals surface area contributed by atoms with Gasteiger partial charge in [-0.15, -0.1) is 0 Å². The molecule has 0 bridgehead atoms. The first kappa shape index (κ1) is 13.2. The van der Waals surface area contributed by atoms with Crippen molar-refractivity contribution in [1.29, 1.82) is 0 Å². The zero-order chi connectivity index (χ0) is 11.1. The van der Waals surface area contributed by atoms with E-state index in [4.69, 9.17) is 5.11 Å². The van der Waals surface area contributed by atoms with Gasteiger partial charge in [0.05, 0.1) is 6.61 Å². The summed E-state index contributed by atoms with van der Waals surface area (Å²) in [6.07, 6.45) is 1.64. The molecule has 82 valence electrons. The maximum Gasteiger partial charge on any atom is 0.159 e. The molecule has 0 unspecified atom stereocenters. The van der Waals surface area contributed by atoms with Crippen LogP contribution in [0.15, 0.2) is 11.8 Å². The van der Waals surface area contributed by atoms with Crippen LogP contribution in [0.4, 0.5) is 0 Å². The molecule has 0 aromatic rings. The number of aliphatic hydroxyl groups is 1. The van der Waals surface area contributed by atoms with Gasteiger partial charge in [0.15, 0.2) is 5.78 Å². The van der Waals surface area contributed by atoms with Gasteiger partial charge in [-0.2, -0.15) is 0 Å². The number of ketones is 1. The summed E-state index contributed by atoms with van der Waals surface area (Å²) in [5.41, 5.74) is 0.901. The normalized spacial score (nSPS) is 12.4. The highest BCUT2D eigenvalue weighted by atomic mass is 16.3. The van der Waals surface area contributed by atoms with Gasteiger partial charge in [-0.1, -0.05) is 27.7 Å². The van der Waals surface area contributed by atoms with Crippen molar-refractivity contribution in [2.45, 2.75) is 27.7 Å². The summed E-state index contributed by atoms with van der Waals surface area (Å²) in [7, 11) is 0. The molecule has 0 heterocycles. The van der Waals surface area contributed by atoms with Gasteiger partial charge in [0.1, 0.15) is 0 Å². The lowest BCUT2D eigenvalue weighted by Crippen LogP contribution is -2.22. The van der Waals surface area contributed by atoms with Gasteiger partial charge in [0.25, 0.3) is 0 Å². The predicted molar refractivity (Wildman–Crippen MR) is 57.9 cm³/mol. The van der Waals surface area contributed by atoms with E-state index in [-0.39, 0.29) is 24.2 Å². The Morgan fingerprint density at radius 1 is 1.29 bits per heavy atom. The quantitative estimate of drug-likeness (QED) is 0.635. The molecule has 0 aliphatic heterocycles. The van der Waals surface area contributed by atoms with Crippen molar-refractivity contribution in [3.05, 3.63) is 11.8 Å². The first-order chi connectivity index (χ1) is 6.49. The fraction of sp³-hybridized carbons (Fsp3) is 0.727. The molecule has 0 spiro atoms. The molecule has 0 radical (unpaired) electrons. The molecule has 0 aromatic carbocycles. The first-order valence-corrected chi connectivity index (χ1v) is 5.09. The number of allylic oxidation sites excluding steroid dienone is 2. The Hall–Kier alpha value is -0.830. The molecule has 2 N–H and O–H groups in total. The van der Waals surface area contributed by atoms with Gasteiger partial charge in [-0.3, -0.25) is 4.79 Å². The number of aliphatic hydroxyl groups excluding tert-OH is 1. The summed E-state index contributed by atoms with van der Waals surface area (Å²) in [4.78, 5) is 11.4. The second-order valence-electron chi connectivity index (χ2n) is 3.96. The Kier molecular flexibility index (Phi) is 6.21. The average molecular weight is 199 g/mol. The molecule has 0 aliphatic carbocycles. The van der Waals surface area contributed by atoms with Crippen LogP contribution in [0.1, 0.15) is 27.7 Å². The number of hydrogen-bond acceptors (Lipinski definition) is 3. The zero-order valence-corrected chi connectivity index (χ0v) is 9.50. The summed E-state index contributed by atoms with van der Waals surface area (Å²) in [5, 5.41) is 11.7. The average Bonchev–Trinajstić information content (AvgIpc) is 2.10. The third-order valence-corrected chi connectivity index (χ3v) is 1.93. The van der Waals surface area contributed by atoms with E-state index in [0.29, 0.717) is 6.54 Å². The fourth-order valence-electron chi connectivity index (χ4n) is 0.942. The molecular weight excluding hydrogens is 178 g/mol. The standard InChI is InChI=1S/C11H21NO2/c1-8(2)10(12-5-6-13)7-11(14)9(3)4/h7-9,12-13H,5-6H2,1-4H3/b10-7+. The van der Waals surface area contributed by atoms with Gasteiger partial charge < -0.3 is 10.4 Å². The summed E-state index contributed by atoms with van der Waals surface area (Å²) in [5.74, 6) is 0.433. The molecule has 0 atom stereocenters. The number of hydrogen-bond donors (Lipinski definition) is 2. The SMILES string of the molecule is CC(C)C(=O)/C=C(/NCCO)C(C)C. The van der Waals surface area contributed by atoms with E-state index in [9.17, 15) is 4.79 Å². The molecule has 3 nitrogen and oxygen atoms in total. The Labute approximate surface area is 86.2 Å². The summed E-state index contributed by atoms with van der Waals surface area (Å²) in [6, 6.07) is 0. The van der Waals surface area contributed by atoms with E-state index in [1.807, 2.05) is 27.7 Å². The summed E-state index contributed by atoms with van der Waals surface area (Å²) < 4.78 is 0. The maximum atomic E-state index is 11.4. The largest absolute Gasteiger partial charge is 0.395 e. The molecule has 0 fully saturated rings. The van der Waals surface area contributed by atoms with Crippen LogP contribution in [0.2, 0.25) is 0 Å². The minimum Gasteiger partial charge on any atom is -0.395 e. The lowest BCUT2D eigenvalue weighted by molar-refractivity contribution is -0.117. The molecule has 3 heteroatoms. The molecule has 0 saturated heterocycles. The minimum absolute atomic E-state index is 0.0275. The number of rotatable bonds is 6. The summed E-state index contributed by atoms with van der Waals surface area (Å²) in [6.45, 7) is 8.37. The van der Waals surface area contributed by atoms with Crippen molar-refractivity contribution in [2.75, 3.05) is 13.2 Å². The van der Waals surface area contributed by atoms with Gasteiger partial charge in [-0.25, -0.2) is 0 Å². The maximum absolute atomic E-state index is 11.4. The van der Waals surface area contributed by atoms with Crippen LogP contribution >= 0.6 is 0 Å². The Bertz CT molecular complexity index is 207. The first-order valence-electron chi connectivity index (χ1n) is 5.09. The lowest BCUT2D eigenvalue weighted by atomic mass is 10.0. The van der Waals surface area contributed by atoms with Crippen molar-refractivity contribution in [3.63, 3.8) is 0 Å². The Balaban J connectivity index is 4.39. The minimum atomic E-state index is 0.0275. The molecule has 14 heavy (non-hydrogen) atoms. The van der Waals surface area contributed by atoms with E-state index in [1.54, 1.807) is 6.08 Å². The van der Waals surface area contributed by atoms with Crippen molar-refractivity contribution in [3.8, 4) is 0 Å². The highest BCUT2D eigenvalue weighted by Crippen LogP contribution is 2.07. The van der Waals surface area contributed by atoms with Crippen LogP contribution in [0.3, 0.4) is 0 Å². The van der Waals surface area contributed by atoms with E-state index in [2.05, 4.69) is 5.32 Å². The number of carbonyl (C=O) groups is 1. The third kappa shape index (κ3) is 5.02.